The van der Waals surface area contributed by atoms with E-state index in [0.29, 0.717) is 0 Å². The van der Waals surface area contributed by atoms with Gasteiger partial charge in [0.05, 0.1) is 22.2 Å². The van der Waals surface area contributed by atoms with Crippen molar-refractivity contribution in [1.29, 1.82) is 0 Å². The van der Waals surface area contributed by atoms with Crippen molar-refractivity contribution in [3.05, 3.63) is 330 Å². The molecule has 12 aromatic rings. The predicted octanol–water partition coefficient (Wildman–Crippen LogP) is 19.1. The first-order valence-corrected chi connectivity index (χ1v) is 26.6. The van der Waals surface area contributed by atoms with Gasteiger partial charge in [0, 0.05) is 39.1 Å². The Labute approximate surface area is 448 Å². The van der Waals surface area contributed by atoms with E-state index < -0.39 is 10.8 Å². The van der Waals surface area contributed by atoms with Crippen LogP contribution in [0.1, 0.15) is 44.5 Å². The van der Waals surface area contributed by atoms with E-state index in [0.717, 1.165) is 79.0 Å². The Kier molecular flexibility index (Phi) is 9.47. The highest BCUT2D eigenvalue weighted by Crippen LogP contribution is 2.65. The van der Waals surface area contributed by atoms with Gasteiger partial charge in [-0.25, -0.2) is 0 Å². The SMILES string of the molecule is c1ccc(-c2cccc(-c3ccc(N(c4ccccc4-c4ccc5c(c4)-c4ccccc4C54c5ccccc5Oc5ccccc54)c4cccc5c4-c4ccccc4C54c5ccccc5Oc5ccccc54)cc3)c2)cc1. The van der Waals surface area contributed by atoms with Gasteiger partial charge in [0.25, 0.3) is 0 Å². The van der Waals surface area contributed by atoms with Crippen LogP contribution in [0, 0.1) is 0 Å². The van der Waals surface area contributed by atoms with Crippen LogP contribution >= 0.6 is 0 Å². The van der Waals surface area contributed by atoms with E-state index >= 15 is 0 Å². The lowest BCUT2D eigenvalue weighted by Crippen LogP contribution is -2.32. The molecule has 3 heteroatoms. The highest BCUT2D eigenvalue weighted by Gasteiger charge is 2.53. The maximum absolute atomic E-state index is 6.76. The summed E-state index contributed by atoms with van der Waals surface area (Å²) in [5.74, 6) is 3.53. The fourth-order valence-electron chi connectivity index (χ4n) is 13.7. The molecule has 2 spiro atoms. The van der Waals surface area contributed by atoms with Crippen LogP contribution in [0.2, 0.25) is 0 Å². The molecule has 3 nitrogen and oxygen atoms in total. The minimum Gasteiger partial charge on any atom is -0.457 e. The lowest BCUT2D eigenvalue weighted by molar-refractivity contribution is 0.436. The number of rotatable bonds is 6. The highest BCUT2D eigenvalue weighted by atomic mass is 16.5. The predicted molar refractivity (Wildman–Crippen MR) is 312 cm³/mol. The normalized spacial score (nSPS) is 13.9. The van der Waals surface area contributed by atoms with Crippen molar-refractivity contribution in [2.45, 2.75) is 10.8 Å². The lowest BCUT2D eigenvalue weighted by atomic mass is 9.66. The molecule has 2 aliphatic carbocycles. The van der Waals surface area contributed by atoms with Crippen molar-refractivity contribution in [2.24, 2.45) is 0 Å². The van der Waals surface area contributed by atoms with Gasteiger partial charge < -0.3 is 14.4 Å². The molecule has 12 aromatic carbocycles. The Morgan fingerprint density at radius 3 is 1.25 bits per heavy atom. The van der Waals surface area contributed by atoms with E-state index in [-0.39, 0.29) is 0 Å². The molecule has 0 amide bonds. The molecule has 2 heterocycles. The van der Waals surface area contributed by atoms with Gasteiger partial charge in [-0.2, -0.15) is 0 Å². The second kappa shape index (κ2) is 16.8. The summed E-state index contributed by atoms with van der Waals surface area (Å²) in [6.07, 6.45) is 0. The average molecular weight is 982 g/mol. The molecule has 0 aromatic heterocycles. The Balaban J connectivity index is 0.925. The molecule has 0 radical (unpaired) electrons. The van der Waals surface area contributed by atoms with Crippen LogP contribution in [-0.4, -0.2) is 0 Å². The summed E-state index contributed by atoms with van der Waals surface area (Å²) < 4.78 is 13.4. The summed E-state index contributed by atoms with van der Waals surface area (Å²) in [6.45, 7) is 0. The topological polar surface area (TPSA) is 21.7 Å². The quantitative estimate of drug-likeness (QED) is 0.166. The van der Waals surface area contributed by atoms with E-state index in [1.165, 1.54) is 61.2 Å². The molecule has 0 atom stereocenters. The highest BCUT2D eigenvalue weighted by molar-refractivity contribution is 6.01. The molecule has 0 unspecified atom stereocenters. The number of nitrogens with zero attached hydrogens (tertiary/aromatic N) is 1. The molecule has 0 fully saturated rings. The smallest absolute Gasteiger partial charge is 0.132 e. The summed E-state index contributed by atoms with van der Waals surface area (Å²) in [5, 5.41) is 0. The standard InChI is InChI=1S/C74H47NO2/c1-2-20-48(21-3-1)50-22-18-23-51(46-50)49-40-43-53(44-41-49)75(67-35-19-33-65-72(67)56-26-5-8-28-59(56)74(65)63-31-11-16-38-70(63)77-71-39-17-12-32-64(71)74)66-34-13-6-24-54(66)52-42-45-60-57(47-52)55-25-4-7-27-58(55)73(60)61-29-9-14-36-68(61)76-69-37-15-10-30-62(69)73/h1-47H. The van der Waals surface area contributed by atoms with Crippen molar-refractivity contribution in [1.82, 2.24) is 0 Å². The maximum atomic E-state index is 6.76. The summed E-state index contributed by atoms with van der Waals surface area (Å²) in [4.78, 5) is 2.51. The maximum Gasteiger partial charge on any atom is 0.132 e. The Morgan fingerprint density at radius 2 is 0.636 bits per heavy atom. The molecule has 0 bridgehead atoms. The van der Waals surface area contributed by atoms with Crippen LogP contribution in [-0.2, 0) is 10.8 Å². The number of para-hydroxylation sites is 5. The van der Waals surface area contributed by atoms with E-state index in [2.05, 4.69) is 290 Å². The van der Waals surface area contributed by atoms with Crippen molar-refractivity contribution >= 4 is 17.1 Å². The summed E-state index contributed by atoms with van der Waals surface area (Å²) in [7, 11) is 0. The van der Waals surface area contributed by atoms with E-state index in [1.54, 1.807) is 0 Å². The molecular formula is C74H47NO2. The molecule has 0 N–H and O–H groups in total. The Hall–Kier alpha value is -9.96. The second-order valence-corrected chi connectivity index (χ2v) is 20.6. The van der Waals surface area contributed by atoms with Crippen LogP contribution in [0.25, 0.3) is 55.6 Å². The fourth-order valence-corrected chi connectivity index (χ4v) is 13.7. The molecule has 0 saturated carbocycles. The van der Waals surface area contributed by atoms with Gasteiger partial charge in [0.2, 0.25) is 0 Å². The molecule has 2 aliphatic heterocycles. The Morgan fingerprint density at radius 1 is 0.234 bits per heavy atom. The van der Waals surface area contributed by atoms with E-state index in [9.17, 15) is 0 Å². The molecule has 360 valence electrons. The molecule has 77 heavy (non-hydrogen) atoms. The number of anilines is 3. The average Bonchev–Trinajstić information content (AvgIpc) is 3.97. The van der Waals surface area contributed by atoms with Gasteiger partial charge in [-0.15, -0.1) is 0 Å². The van der Waals surface area contributed by atoms with Crippen molar-refractivity contribution in [3.8, 4) is 78.6 Å². The third-order valence-corrected chi connectivity index (χ3v) is 16.8. The van der Waals surface area contributed by atoms with Gasteiger partial charge in [-0.05, 0) is 127 Å². The number of hydrogen-bond donors (Lipinski definition) is 0. The zero-order chi connectivity index (χ0) is 50.7. The minimum atomic E-state index is -0.628. The monoisotopic (exact) mass is 981 g/mol. The molecular weight excluding hydrogens is 935 g/mol. The third-order valence-electron chi connectivity index (χ3n) is 16.8. The van der Waals surface area contributed by atoms with Crippen molar-refractivity contribution < 1.29 is 9.47 Å². The minimum absolute atomic E-state index is 0.556. The molecule has 0 saturated heterocycles. The first-order chi connectivity index (χ1) is 38.2. The van der Waals surface area contributed by atoms with Gasteiger partial charge >= 0.3 is 0 Å². The number of hydrogen-bond acceptors (Lipinski definition) is 3. The lowest BCUT2D eigenvalue weighted by Gasteiger charge is -2.39. The first-order valence-electron chi connectivity index (χ1n) is 26.6. The van der Waals surface area contributed by atoms with Gasteiger partial charge in [0.15, 0.2) is 0 Å². The number of ether oxygens (including phenoxy) is 2. The van der Waals surface area contributed by atoms with Crippen LogP contribution in [0.15, 0.2) is 285 Å². The molecule has 4 aliphatic rings. The van der Waals surface area contributed by atoms with Gasteiger partial charge in [-0.3, -0.25) is 0 Å². The third kappa shape index (κ3) is 6.14. The zero-order valence-electron chi connectivity index (χ0n) is 41.9. The number of fused-ring (bicyclic) bond motifs is 18. The van der Waals surface area contributed by atoms with Crippen molar-refractivity contribution in [2.75, 3.05) is 4.90 Å². The van der Waals surface area contributed by atoms with E-state index in [1.807, 2.05) is 0 Å². The summed E-state index contributed by atoms with van der Waals surface area (Å²) in [6, 6.07) is 104. The zero-order valence-corrected chi connectivity index (χ0v) is 41.9. The van der Waals surface area contributed by atoms with Crippen LogP contribution in [0.3, 0.4) is 0 Å². The van der Waals surface area contributed by atoms with Gasteiger partial charge in [0.1, 0.15) is 23.0 Å². The summed E-state index contributed by atoms with van der Waals surface area (Å²) >= 11 is 0. The first kappa shape index (κ1) is 43.4. The second-order valence-electron chi connectivity index (χ2n) is 20.6. The largest absolute Gasteiger partial charge is 0.457 e. The van der Waals surface area contributed by atoms with E-state index in [4.69, 9.17) is 9.47 Å². The van der Waals surface area contributed by atoms with Crippen LogP contribution in [0.4, 0.5) is 17.1 Å². The Bertz CT molecular complexity index is 4270. The van der Waals surface area contributed by atoms with Gasteiger partial charge in [-0.1, -0.05) is 224 Å². The number of benzene rings is 12. The van der Waals surface area contributed by atoms with Crippen LogP contribution in [0.5, 0.6) is 23.0 Å². The van der Waals surface area contributed by atoms with Crippen LogP contribution < -0.4 is 14.4 Å². The van der Waals surface area contributed by atoms with Crippen molar-refractivity contribution in [3.63, 3.8) is 0 Å². The summed E-state index contributed by atoms with van der Waals surface area (Å²) in [5.41, 5.74) is 23.5. The fraction of sp³-hybridized carbons (Fsp3) is 0.0270. The molecule has 16 rings (SSSR count).